The van der Waals surface area contributed by atoms with Gasteiger partial charge in [-0.15, -0.1) is 11.6 Å². The Morgan fingerprint density at radius 3 is 2.44 bits per heavy atom. The standard InChI is InChI=1S/C11H16ClNO2S/c12-9-16(14,15)8-11(13)7-6-10-4-2-1-3-5-10/h1-5,11H,6-9,13H2/t11-/m0/s1. The minimum Gasteiger partial charge on any atom is -0.327 e. The molecule has 1 rings (SSSR count). The molecule has 1 aromatic rings. The second-order valence-corrected chi connectivity index (χ2v) is 6.50. The molecule has 0 aromatic heterocycles. The predicted octanol–water partition coefficient (Wildman–Crippen LogP) is 1.56. The summed E-state index contributed by atoms with van der Waals surface area (Å²) in [6.07, 6.45) is 1.44. The van der Waals surface area contributed by atoms with Gasteiger partial charge in [0.2, 0.25) is 0 Å². The molecule has 5 heteroatoms. The van der Waals surface area contributed by atoms with Crippen molar-refractivity contribution < 1.29 is 8.42 Å². The monoisotopic (exact) mass is 261 g/mol. The number of hydrogen-bond donors (Lipinski definition) is 1. The molecule has 0 aliphatic heterocycles. The lowest BCUT2D eigenvalue weighted by atomic mass is 10.1. The van der Waals surface area contributed by atoms with Crippen LogP contribution in [0.5, 0.6) is 0 Å². The van der Waals surface area contributed by atoms with E-state index in [0.717, 1.165) is 6.42 Å². The Labute approximate surface area is 102 Å². The van der Waals surface area contributed by atoms with Crippen LogP contribution >= 0.6 is 11.6 Å². The summed E-state index contributed by atoms with van der Waals surface area (Å²) in [5.74, 6) is -0.0384. The highest BCUT2D eigenvalue weighted by molar-refractivity contribution is 7.92. The molecule has 1 aromatic carbocycles. The average Bonchev–Trinajstić information content (AvgIpc) is 2.27. The van der Waals surface area contributed by atoms with Crippen LogP contribution in [0.3, 0.4) is 0 Å². The van der Waals surface area contributed by atoms with Crippen LogP contribution in [0.4, 0.5) is 0 Å². The van der Waals surface area contributed by atoms with Gasteiger partial charge in [0.05, 0.1) is 5.75 Å². The molecular formula is C11H16ClNO2S. The SMILES string of the molecule is N[C@@H](CCc1ccccc1)CS(=O)(=O)CCl. The highest BCUT2D eigenvalue weighted by Gasteiger charge is 2.14. The van der Waals surface area contributed by atoms with Crippen molar-refractivity contribution in [3.05, 3.63) is 35.9 Å². The summed E-state index contributed by atoms with van der Waals surface area (Å²) in [6, 6.07) is 9.52. The van der Waals surface area contributed by atoms with Crippen molar-refractivity contribution >= 4 is 21.4 Å². The fourth-order valence-corrected chi connectivity index (χ4v) is 2.63. The van der Waals surface area contributed by atoms with E-state index in [2.05, 4.69) is 0 Å². The lowest BCUT2D eigenvalue weighted by Gasteiger charge is -2.10. The number of nitrogens with two attached hydrogens (primary N) is 1. The molecule has 0 saturated heterocycles. The van der Waals surface area contributed by atoms with Crippen LogP contribution in [-0.4, -0.2) is 25.4 Å². The largest absolute Gasteiger partial charge is 0.327 e. The summed E-state index contributed by atoms with van der Waals surface area (Å²) in [5, 5.41) is -0.355. The smallest absolute Gasteiger partial charge is 0.165 e. The maximum absolute atomic E-state index is 11.2. The minimum absolute atomic E-state index is 0.0384. The van der Waals surface area contributed by atoms with Crippen molar-refractivity contribution in [1.29, 1.82) is 0 Å². The first-order valence-corrected chi connectivity index (χ1v) is 7.45. The van der Waals surface area contributed by atoms with Crippen molar-refractivity contribution in [2.45, 2.75) is 18.9 Å². The molecule has 0 amide bonds. The van der Waals surface area contributed by atoms with Crippen molar-refractivity contribution in [1.82, 2.24) is 0 Å². The van der Waals surface area contributed by atoms with Crippen LogP contribution in [0, 0.1) is 0 Å². The molecule has 0 fully saturated rings. The molecular weight excluding hydrogens is 246 g/mol. The first kappa shape index (κ1) is 13.5. The summed E-state index contributed by atoms with van der Waals surface area (Å²) in [4.78, 5) is 0. The zero-order chi connectivity index (χ0) is 12.0. The van der Waals surface area contributed by atoms with Crippen molar-refractivity contribution in [2.75, 3.05) is 11.0 Å². The highest BCUT2D eigenvalue weighted by atomic mass is 35.5. The Morgan fingerprint density at radius 2 is 1.88 bits per heavy atom. The van der Waals surface area contributed by atoms with Gasteiger partial charge in [0, 0.05) is 6.04 Å². The third-order valence-electron chi connectivity index (χ3n) is 2.28. The van der Waals surface area contributed by atoms with Gasteiger partial charge in [-0.3, -0.25) is 0 Å². The first-order chi connectivity index (χ1) is 7.53. The lowest BCUT2D eigenvalue weighted by Crippen LogP contribution is -2.30. The summed E-state index contributed by atoms with van der Waals surface area (Å²) < 4.78 is 22.4. The number of halogens is 1. The molecule has 1 atom stereocenters. The van der Waals surface area contributed by atoms with Gasteiger partial charge in [-0.2, -0.15) is 0 Å². The maximum atomic E-state index is 11.2. The topological polar surface area (TPSA) is 60.2 Å². The molecule has 0 unspecified atom stereocenters. The van der Waals surface area contributed by atoms with Gasteiger partial charge < -0.3 is 5.73 Å². The molecule has 16 heavy (non-hydrogen) atoms. The average molecular weight is 262 g/mol. The van der Waals surface area contributed by atoms with Gasteiger partial charge in [-0.25, -0.2) is 8.42 Å². The molecule has 0 radical (unpaired) electrons. The van der Waals surface area contributed by atoms with E-state index in [9.17, 15) is 8.42 Å². The number of alkyl halides is 1. The van der Waals surface area contributed by atoms with E-state index >= 15 is 0 Å². The minimum atomic E-state index is -3.18. The summed E-state index contributed by atoms with van der Waals surface area (Å²) >= 11 is 5.31. The van der Waals surface area contributed by atoms with E-state index < -0.39 is 9.84 Å². The summed E-state index contributed by atoms with van der Waals surface area (Å²) in [5.41, 5.74) is 6.91. The van der Waals surface area contributed by atoms with Gasteiger partial charge in [0.15, 0.2) is 9.84 Å². The van der Waals surface area contributed by atoms with Crippen LogP contribution in [0.15, 0.2) is 30.3 Å². The quantitative estimate of drug-likeness (QED) is 0.791. The molecule has 0 heterocycles. The molecule has 0 aliphatic carbocycles. The van der Waals surface area contributed by atoms with Crippen LogP contribution in [0.2, 0.25) is 0 Å². The Balaban J connectivity index is 2.39. The molecule has 0 spiro atoms. The zero-order valence-electron chi connectivity index (χ0n) is 8.97. The van der Waals surface area contributed by atoms with E-state index in [0.29, 0.717) is 6.42 Å². The Kier molecular flexibility index (Phi) is 5.25. The number of hydrogen-bond acceptors (Lipinski definition) is 3. The van der Waals surface area contributed by atoms with E-state index in [1.165, 1.54) is 5.56 Å². The van der Waals surface area contributed by atoms with E-state index in [-0.39, 0.29) is 17.0 Å². The van der Waals surface area contributed by atoms with Crippen LogP contribution < -0.4 is 5.73 Å². The summed E-state index contributed by atoms with van der Waals surface area (Å²) in [7, 11) is -3.18. The second kappa shape index (κ2) is 6.23. The van der Waals surface area contributed by atoms with Gasteiger partial charge in [0.25, 0.3) is 0 Å². The van der Waals surface area contributed by atoms with Crippen LogP contribution in [0.25, 0.3) is 0 Å². The Bertz CT molecular complexity index is 405. The molecule has 0 bridgehead atoms. The van der Waals surface area contributed by atoms with Gasteiger partial charge >= 0.3 is 0 Å². The molecule has 0 aliphatic rings. The van der Waals surface area contributed by atoms with Crippen LogP contribution in [-0.2, 0) is 16.3 Å². The second-order valence-electron chi connectivity index (χ2n) is 3.80. The number of rotatable bonds is 6. The van der Waals surface area contributed by atoms with Crippen LogP contribution in [0.1, 0.15) is 12.0 Å². The summed E-state index contributed by atoms with van der Waals surface area (Å²) in [6.45, 7) is 0. The highest BCUT2D eigenvalue weighted by Crippen LogP contribution is 2.06. The number of benzene rings is 1. The zero-order valence-corrected chi connectivity index (χ0v) is 10.5. The van der Waals surface area contributed by atoms with Gasteiger partial charge in [-0.1, -0.05) is 30.3 Å². The van der Waals surface area contributed by atoms with E-state index in [1.54, 1.807) is 0 Å². The molecule has 0 saturated carbocycles. The third kappa shape index (κ3) is 4.96. The van der Waals surface area contributed by atoms with Crippen molar-refractivity contribution in [3.8, 4) is 0 Å². The molecule has 90 valence electrons. The van der Waals surface area contributed by atoms with Gasteiger partial charge in [-0.05, 0) is 18.4 Å². The molecule has 2 N–H and O–H groups in total. The number of sulfone groups is 1. The van der Waals surface area contributed by atoms with Gasteiger partial charge in [0.1, 0.15) is 5.21 Å². The van der Waals surface area contributed by atoms with Crippen molar-refractivity contribution in [3.63, 3.8) is 0 Å². The first-order valence-electron chi connectivity index (χ1n) is 5.09. The predicted molar refractivity (Wildman–Crippen MR) is 67.2 cm³/mol. The normalized spacial score (nSPS) is 13.6. The fraction of sp³-hybridized carbons (Fsp3) is 0.455. The van der Waals surface area contributed by atoms with E-state index in [4.69, 9.17) is 17.3 Å². The number of aryl methyl sites for hydroxylation is 1. The fourth-order valence-electron chi connectivity index (χ4n) is 1.45. The lowest BCUT2D eigenvalue weighted by molar-refractivity contribution is 0.583. The Hall–Kier alpha value is -0.580. The maximum Gasteiger partial charge on any atom is 0.165 e. The molecule has 3 nitrogen and oxygen atoms in total. The third-order valence-corrected chi connectivity index (χ3v) is 4.55. The Morgan fingerprint density at radius 1 is 1.25 bits per heavy atom. The van der Waals surface area contributed by atoms with E-state index in [1.807, 2.05) is 30.3 Å². The van der Waals surface area contributed by atoms with Crippen molar-refractivity contribution in [2.24, 2.45) is 5.73 Å².